The number of aliphatic hydroxyl groups excluding tert-OH is 2. The van der Waals surface area contributed by atoms with E-state index in [0.29, 0.717) is 41.2 Å². The second-order valence-corrected chi connectivity index (χ2v) is 17.8. The summed E-state index contributed by atoms with van der Waals surface area (Å²) in [5, 5.41) is 20.7. The van der Waals surface area contributed by atoms with E-state index in [2.05, 4.69) is 0 Å². The maximum Gasteiger partial charge on any atom is 0.343 e. The van der Waals surface area contributed by atoms with E-state index in [4.69, 9.17) is 23.7 Å². The zero-order valence-corrected chi connectivity index (χ0v) is 38.5. The number of ketones is 1. The predicted octanol–water partition coefficient (Wildman–Crippen LogP) is 11.2. The number of rotatable bonds is 32. The van der Waals surface area contributed by atoms with Gasteiger partial charge in [0.1, 0.15) is 48.2 Å². The molecule has 2 heterocycles. The van der Waals surface area contributed by atoms with Gasteiger partial charge < -0.3 is 33.9 Å². The van der Waals surface area contributed by atoms with Crippen LogP contribution in [-0.4, -0.2) is 53.7 Å². The Hall–Kier alpha value is -5.52. The average Bonchev–Trinajstić information content (AvgIpc) is 3.81. The Labute approximate surface area is 390 Å². The molecule has 2 aliphatic heterocycles. The standard InChI is InChI=1S/C55H68O11/c56-39-54(45-30-23-32-47(50(45)52(60)65-54)62-37-42-25-17-15-18-26-42)36-35-44(58)29-21-13-11-9-7-5-3-1-2-4-6-8-10-12-14-22-34-49(59)64-41-55(40-57)46-31-24-33-48(51(46)53(61)66-55)63-38-43-27-19-16-20-28-43/h15-20,23-28,30-33,56-57H,1-14,21-22,29,34-41H2/t54-,55+/m0/s1. The number of hydrogen-bond donors (Lipinski definition) is 2. The Morgan fingerprint density at radius 1 is 0.470 bits per heavy atom. The highest BCUT2D eigenvalue weighted by Gasteiger charge is 2.49. The topological polar surface area (TPSA) is 155 Å². The zero-order valence-electron chi connectivity index (χ0n) is 38.5. The summed E-state index contributed by atoms with van der Waals surface area (Å²) in [6, 6.07) is 29.8. The highest BCUT2D eigenvalue weighted by molar-refractivity contribution is 5.98. The van der Waals surface area contributed by atoms with E-state index in [9.17, 15) is 29.4 Å². The van der Waals surface area contributed by atoms with Crippen LogP contribution < -0.4 is 9.47 Å². The number of unbranched alkanes of at least 4 members (excludes halogenated alkanes) is 15. The fourth-order valence-electron chi connectivity index (χ4n) is 8.98. The van der Waals surface area contributed by atoms with Gasteiger partial charge in [-0.2, -0.15) is 0 Å². The zero-order chi connectivity index (χ0) is 46.5. The minimum absolute atomic E-state index is 0.124. The van der Waals surface area contributed by atoms with E-state index in [1.54, 1.807) is 36.4 Å². The number of cyclic esters (lactones) is 2. The van der Waals surface area contributed by atoms with Crippen molar-refractivity contribution < 1.29 is 53.1 Å². The predicted molar refractivity (Wildman–Crippen MR) is 251 cm³/mol. The first-order valence-electron chi connectivity index (χ1n) is 24.2. The maximum atomic E-state index is 13.0. The van der Waals surface area contributed by atoms with Crippen molar-refractivity contribution in [2.45, 2.75) is 153 Å². The highest BCUT2D eigenvalue weighted by atomic mass is 16.6. The molecule has 0 spiro atoms. The third-order valence-corrected chi connectivity index (χ3v) is 12.9. The molecule has 0 saturated carbocycles. The van der Waals surface area contributed by atoms with Crippen LogP contribution in [0.1, 0.15) is 171 Å². The van der Waals surface area contributed by atoms with Gasteiger partial charge in [0.25, 0.3) is 0 Å². The third-order valence-electron chi connectivity index (χ3n) is 12.9. The molecule has 2 N–H and O–H groups in total. The van der Waals surface area contributed by atoms with Gasteiger partial charge in [-0.15, -0.1) is 0 Å². The Morgan fingerprint density at radius 3 is 1.33 bits per heavy atom. The van der Waals surface area contributed by atoms with E-state index in [1.165, 1.54) is 57.8 Å². The molecule has 0 aromatic heterocycles. The normalized spacial score (nSPS) is 17.2. The molecule has 0 unspecified atom stereocenters. The molecule has 2 aliphatic rings. The van der Waals surface area contributed by atoms with Gasteiger partial charge >= 0.3 is 17.9 Å². The molecule has 4 aromatic rings. The lowest BCUT2D eigenvalue weighted by molar-refractivity contribution is -0.154. The first-order chi connectivity index (χ1) is 32.3. The Balaban J connectivity index is 0.729. The average molecular weight is 905 g/mol. The number of Topliss-reactive ketones (excluding diaryl/α,β-unsaturated/α-hetero) is 1. The summed E-state index contributed by atoms with van der Waals surface area (Å²) in [4.78, 5) is 51.3. The van der Waals surface area contributed by atoms with Gasteiger partial charge in [0.2, 0.25) is 0 Å². The lowest BCUT2D eigenvalue weighted by Gasteiger charge is -2.26. The number of carbonyl (C=O) groups excluding carboxylic acids is 4. The van der Waals surface area contributed by atoms with Crippen molar-refractivity contribution in [3.63, 3.8) is 0 Å². The molecule has 0 radical (unpaired) electrons. The Morgan fingerprint density at radius 2 is 0.879 bits per heavy atom. The summed E-state index contributed by atoms with van der Waals surface area (Å²) in [5.41, 5.74) is 0.863. The smallest absolute Gasteiger partial charge is 0.343 e. The number of aliphatic hydroxyl groups is 2. The van der Waals surface area contributed by atoms with Crippen LogP contribution in [0.3, 0.4) is 0 Å². The first-order valence-corrected chi connectivity index (χ1v) is 24.2. The summed E-state index contributed by atoms with van der Waals surface area (Å²) < 4.78 is 28.8. The van der Waals surface area contributed by atoms with Crippen LogP contribution in [0.2, 0.25) is 0 Å². The summed E-state index contributed by atoms with van der Waals surface area (Å²) in [7, 11) is 0. The number of esters is 3. The third kappa shape index (κ3) is 14.0. The molecule has 0 saturated heterocycles. The van der Waals surface area contributed by atoms with Gasteiger partial charge in [0.15, 0.2) is 11.2 Å². The molecule has 0 aliphatic carbocycles. The van der Waals surface area contributed by atoms with Crippen molar-refractivity contribution in [3.8, 4) is 11.5 Å². The molecule has 11 nitrogen and oxygen atoms in total. The van der Waals surface area contributed by atoms with Crippen molar-refractivity contribution in [2.75, 3.05) is 19.8 Å². The van der Waals surface area contributed by atoms with Crippen LogP contribution >= 0.6 is 0 Å². The number of fused-ring (bicyclic) bond motifs is 2. The second-order valence-electron chi connectivity index (χ2n) is 17.8. The molecule has 4 aromatic carbocycles. The number of ether oxygens (including phenoxy) is 5. The van der Waals surface area contributed by atoms with E-state index in [-0.39, 0.29) is 49.8 Å². The van der Waals surface area contributed by atoms with Gasteiger partial charge in [0, 0.05) is 36.8 Å². The molecular weight excluding hydrogens is 837 g/mol. The maximum absolute atomic E-state index is 13.0. The van der Waals surface area contributed by atoms with Crippen molar-refractivity contribution in [2.24, 2.45) is 0 Å². The molecule has 0 amide bonds. The van der Waals surface area contributed by atoms with E-state index < -0.39 is 36.4 Å². The number of hydrogen-bond acceptors (Lipinski definition) is 11. The molecule has 66 heavy (non-hydrogen) atoms. The monoisotopic (exact) mass is 904 g/mol. The largest absolute Gasteiger partial charge is 0.488 e. The van der Waals surface area contributed by atoms with Gasteiger partial charge in [-0.1, -0.05) is 175 Å². The fourth-order valence-corrected chi connectivity index (χ4v) is 8.98. The molecule has 6 rings (SSSR count). The van der Waals surface area contributed by atoms with Crippen LogP contribution in [-0.2, 0) is 48.2 Å². The summed E-state index contributed by atoms with van der Waals surface area (Å²) in [6.45, 7) is -0.582. The van der Waals surface area contributed by atoms with E-state index in [1.807, 2.05) is 60.7 Å². The number of benzene rings is 4. The van der Waals surface area contributed by atoms with Crippen molar-refractivity contribution in [3.05, 3.63) is 130 Å². The molecule has 0 fully saturated rings. The Kier molecular flexibility index (Phi) is 19.6. The van der Waals surface area contributed by atoms with Gasteiger partial charge in [-0.3, -0.25) is 9.59 Å². The molecule has 354 valence electrons. The minimum atomic E-state index is -1.45. The summed E-state index contributed by atoms with van der Waals surface area (Å²) in [6.07, 6.45) is 19.2. The quantitative estimate of drug-likeness (QED) is 0.0273. The van der Waals surface area contributed by atoms with Crippen molar-refractivity contribution in [1.29, 1.82) is 0 Å². The van der Waals surface area contributed by atoms with Gasteiger partial charge in [-0.05, 0) is 36.1 Å². The van der Waals surface area contributed by atoms with E-state index in [0.717, 1.165) is 56.1 Å². The second kappa shape index (κ2) is 26.0. The lowest BCUT2D eigenvalue weighted by atomic mass is 9.87. The van der Waals surface area contributed by atoms with Gasteiger partial charge in [-0.25, -0.2) is 9.59 Å². The van der Waals surface area contributed by atoms with Crippen LogP contribution in [0.15, 0.2) is 97.1 Å². The van der Waals surface area contributed by atoms with Crippen LogP contribution in [0.4, 0.5) is 0 Å². The molecule has 2 atom stereocenters. The fraction of sp³-hybridized carbons (Fsp3) is 0.491. The van der Waals surface area contributed by atoms with Gasteiger partial charge in [0.05, 0.1) is 13.2 Å². The molecule has 0 bridgehead atoms. The van der Waals surface area contributed by atoms with Crippen LogP contribution in [0.5, 0.6) is 11.5 Å². The first kappa shape index (κ1) is 49.9. The molecule has 11 heteroatoms. The Bertz CT molecular complexity index is 2000. The van der Waals surface area contributed by atoms with Crippen molar-refractivity contribution >= 4 is 23.7 Å². The minimum Gasteiger partial charge on any atom is -0.488 e. The van der Waals surface area contributed by atoms with E-state index >= 15 is 0 Å². The highest BCUT2D eigenvalue weighted by Crippen LogP contribution is 2.44. The number of carbonyl (C=O) groups is 4. The summed E-state index contributed by atoms with van der Waals surface area (Å²) in [5.74, 6) is -0.606. The van der Waals surface area contributed by atoms with Crippen LogP contribution in [0.25, 0.3) is 0 Å². The molecular formula is C55H68O11. The van der Waals surface area contributed by atoms with Crippen molar-refractivity contribution in [1.82, 2.24) is 0 Å². The van der Waals surface area contributed by atoms with Crippen LogP contribution in [0, 0.1) is 0 Å². The summed E-state index contributed by atoms with van der Waals surface area (Å²) >= 11 is 0. The SMILES string of the molecule is O=C(CCCCCCCCCCCCCCCCCCC(=O)OC[C@@]1(CO)OC(=O)c2c(OCc3ccccc3)cccc21)CC[C@@]1(CO)OC(=O)c2c(OCc3ccccc3)cccc21. The lowest BCUT2D eigenvalue weighted by Crippen LogP contribution is -2.37.